The minimum atomic E-state index is -0.616. The van der Waals surface area contributed by atoms with Gasteiger partial charge in [0.2, 0.25) is 0 Å². The summed E-state index contributed by atoms with van der Waals surface area (Å²) in [6, 6.07) is 7.02. The monoisotopic (exact) mass is 354 g/mol. The zero-order chi connectivity index (χ0) is 18.0. The van der Waals surface area contributed by atoms with Crippen LogP contribution in [0, 0.1) is 0 Å². The van der Waals surface area contributed by atoms with Crippen molar-refractivity contribution < 1.29 is 18.8 Å². The van der Waals surface area contributed by atoms with Crippen LogP contribution in [0.3, 0.4) is 0 Å². The number of likely N-dealkylation sites (tertiary alicyclic amines) is 1. The van der Waals surface area contributed by atoms with Crippen LogP contribution < -0.4 is 5.32 Å². The summed E-state index contributed by atoms with van der Waals surface area (Å²) in [5, 5.41) is 6.72. The second-order valence-electron chi connectivity index (χ2n) is 6.47. The summed E-state index contributed by atoms with van der Waals surface area (Å²) in [6.45, 7) is 1.26. The van der Waals surface area contributed by atoms with Gasteiger partial charge in [0.25, 0.3) is 11.8 Å². The van der Waals surface area contributed by atoms with E-state index in [1.54, 1.807) is 47.8 Å². The summed E-state index contributed by atoms with van der Waals surface area (Å²) in [6.07, 6.45) is 5.75. The molecule has 0 aliphatic carbocycles. The molecule has 8 nitrogen and oxygen atoms in total. The van der Waals surface area contributed by atoms with E-state index in [2.05, 4.69) is 15.5 Å². The van der Waals surface area contributed by atoms with Crippen LogP contribution in [0.4, 0.5) is 0 Å². The number of furan rings is 1. The Bertz CT molecular complexity index is 834. The molecule has 2 aromatic heterocycles. The van der Waals surface area contributed by atoms with Crippen molar-refractivity contribution >= 4 is 17.5 Å². The molecule has 1 spiro atoms. The molecule has 4 rings (SSSR count). The Hall–Kier alpha value is -3.16. The fourth-order valence-electron chi connectivity index (χ4n) is 3.23. The van der Waals surface area contributed by atoms with Crippen molar-refractivity contribution in [2.75, 3.05) is 13.1 Å². The molecule has 4 heterocycles. The molecule has 2 aliphatic rings. The van der Waals surface area contributed by atoms with Crippen molar-refractivity contribution in [2.45, 2.75) is 25.0 Å². The van der Waals surface area contributed by atoms with Crippen LogP contribution in [-0.2, 0) is 16.2 Å². The zero-order valence-electron chi connectivity index (χ0n) is 14.1. The number of pyridine rings is 1. The van der Waals surface area contributed by atoms with Crippen LogP contribution in [-0.4, -0.2) is 46.1 Å². The highest BCUT2D eigenvalue weighted by Crippen LogP contribution is 2.34. The van der Waals surface area contributed by atoms with Crippen LogP contribution in [0.25, 0.3) is 0 Å². The molecule has 1 fully saturated rings. The van der Waals surface area contributed by atoms with Gasteiger partial charge in [0.15, 0.2) is 5.60 Å². The van der Waals surface area contributed by atoms with Crippen molar-refractivity contribution in [2.24, 2.45) is 5.16 Å². The molecule has 2 aliphatic heterocycles. The lowest BCUT2D eigenvalue weighted by Gasteiger charge is -2.21. The maximum atomic E-state index is 12.5. The predicted octanol–water partition coefficient (Wildman–Crippen LogP) is 1.35. The summed E-state index contributed by atoms with van der Waals surface area (Å²) in [5.41, 5.74) is 0.266. The largest absolute Gasteiger partial charge is 0.467 e. The molecule has 1 N–H and O–H groups in total. The van der Waals surface area contributed by atoms with Crippen LogP contribution in [0.15, 0.2) is 52.5 Å². The van der Waals surface area contributed by atoms with Gasteiger partial charge >= 0.3 is 0 Å². The topological polar surface area (TPSA) is 97.0 Å². The minimum absolute atomic E-state index is 0.0886. The van der Waals surface area contributed by atoms with E-state index in [0.29, 0.717) is 49.5 Å². The first-order valence-electron chi connectivity index (χ1n) is 8.40. The number of hydrogen-bond donors (Lipinski definition) is 1. The number of carbonyl (C=O) groups excluding carboxylic acids is 2. The van der Waals surface area contributed by atoms with Gasteiger partial charge in [0, 0.05) is 31.8 Å². The van der Waals surface area contributed by atoms with E-state index in [0.717, 1.165) is 0 Å². The molecule has 0 bridgehead atoms. The first-order valence-corrected chi connectivity index (χ1v) is 8.40. The second kappa shape index (κ2) is 6.62. The SMILES string of the molecule is O=C(NCc1ccco1)C1=NOC2(CCN(C(=O)c3cccnc3)C2)C1. The molecule has 0 saturated carbocycles. The first-order chi connectivity index (χ1) is 12.7. The maximum absolute atomic E-state index is 12.5. The number of hydrogen-bond acceptors (Lipinski definition) is 6. The third kappa shape index (κ3) is 3.17. The van der Waals surface area contributed by atoms with E-state index in [4.69, 9.17) is 9.25 Å². The van der Waals surface area contributed by atoms with Gasteiger partial charge in [0.05, 0.1) is 24.9 Å². The average Bonchev–Trinajstić information content (AvgIpc) is 3.42. The van der Waals surface area contributed by atoms with E-state index < -0.39 is 5.60 Å². The Morgan fingerprint density at radius 3 is 3.00 bits per heavy atom. The standard InChI is InChI=1S/C18H18N4O4/c23-16(20-11-14-4-2-8-25-14)15-9-18(26-21-15)5-7-22(12-18)17(24)13-3-1-6-19-10-13/h1-4,6,8,10H,5,7,9,11-12H2,(H,20,23). The Balaban J connectivity index is 1.34. The molecule has 26 heavy (non-hydrogen) atoms. The first kappa shape index (κ1) is 16.3. The Kier molecular flexibility index (Phi) is 4.16. The molecular weight excluding hydrogens is 336 g/mol. The molecule has 2 aromatic rings. The predicted molar refractivity (Wildman–Crippen MR) is 91.2 cm³/mol. The van der Waals surface area contributed by atoms with E-state index >= 15 is 0 Å². The number of nitrogens with one attached hydrogen (secondary N) is 1. The number of nitrogens with zero attached hydrogens (tertiary/aromatic N) is 3. The van der Waals surface area contributed by atoms with Crippen molar-refractivity contribution in [3.8, 4) is 0 Å². The molecule has 0 radical (unpaired) electrons. The van der Waals surface area contributed by atoms with Gasteiger partial charge in [-0.3, -0.25) is 14.6 Å². The van der Waals surface area contributed by atoms with Gasteiger partial charge in [0.1, 0.15) is 11.5 Å². The fraction of sp³-hybridized carbons (Fsp3) is 0.333. The number of rotatable bonds is 4. The Labute approximate surface area is 149 Å². The summed E-state index contributed by atoms with van der Waals surface area (Å²) in [4.78, 5) is 36.1. The highest BCUT2D eigenvalue weighted by molar-refractivity contribution is 6.39. The molecule has 1 unspecified atom stereocenters. The van der Waals surface area contributed by atoms with Gasteiger partial charge < -0.3 is 19.5 Å². The third-order valence-electron chi connectivity index (χ3n) is 4.62. The minimum Gasteiger partial charge on any atom is -0.467 e. The van der Waals surface area contributed by atoms with Crippen molar-refractivity contribution in [1.29, 1.82) is 0 Å². The van der Waals surface area contributed by atoms with Crippen molar-refractivity contribution in [3.05, 3.63) is 54.2 Å². The molecule has 8 heteroatoms. The Morgan fingerprint density at radius 1 is 1.31 bits per heavy atom. The Morgan fingerprint density at radius 2 is 2.23 bits per heavy atom. The zero-order valence-corrected chi connectivity index (χ0v) is 14.1. The maximum Gasteiger partial charge on any atom is 0.269 e. The lowest BCUT2D eigenvalue weighted by Crippen LogP contribution is -2.38. The van der Waals surface area contributed by atoms with Gasteiger partial charge in [-0.15, -0.1) is 0 Å². The number of amides is 2. The van der Waals surface area contributed by atoms with Crippen LogP contribution >= 0.6 is 0 Å². The van der Waals surface area contributed by atoms with Crippen molar-refractivity contribution in [1.82, 2.24) is 15.2 Å². The highest BCUT2D eigenvalue weighted by atomic mass is 16.7. The fourth-order valence-corrected chi connectivity index (χ4v) is 3.23. The summed E-state index contributed by atoms with van der Waals surface area (Å²) >= 11 is 0. The van der Waals surface area contributed by atoms with E-state index in [1.165, 1.54) is 0 Å². The molecular formula is C18H18N4O4. The second-order valence-corrected chi connectivity index (χ2v) is 6.47. The molecule has 2 amide bonds. The van der Waals surface area contributed by atoms with Gasteiger partial charge in [-0.1, -0.05) is 5.16 Å². The van der Waals surface area contributed by atoms with Gasteiger partial charge in [-0.25, -0.2) is 0 Å². The lowest BCUT2D eigenvalue weighted by atomic mass is 9.96. The average molecular weight is 354 g/mol. The van der Waals surface area contributed by atoms with Gasteiger partial charge in [-0.05, 0) is 24.3 Å². The summed E-state index contributed by atoms with van der Waals surface area (Å²) in [5.74, 6) is 0.297. The lowest BCUT2D eigenvalue weighted by molar-refractivity contribution is -0.115. The summed E-state index contributed by atoms with van der Waals surface area (Å²) < 4.78 is 5.19. The highest BCUT2D eigenvalue weighted by Gasteiger charge is 2.48. The number of carbonyl (C=O) groups is 2. The number of aromatic nitrogens is 1. The van der Waals surface area contributed by atoms with E-state index in [9.17, 15) is 9.59 Å². The summed E-state index contributed by atoms with van der Waals surface area (Å²) in [7, 11) is 0. The van der Waals surface area contributed by atoms with E-state index in [-0.39, 0.29) is 11.8 Å². The molecule has 1 saturated heterocycles. The molecule has 0 aromatic carbocycles. The molecule has 134 valence electrons. The number of oxime groups is 1. The van der Waals surface area contributed by atoms with Crippen LogP contribution in [0.1, 0.15) is 29.0 Å². The normalized spacial score (nSPS) is 21.5. The molecule has 1 atom stereocenters. The quantitative estimate of drug-likeness (QED) is 0.894. The van der Waals surface area contributed by atoms with Crippen LogP contribution in [0.2, 0.25) is 0 Å². The smallest absolute Gasteiger partial charge is 0.269 e. The van der Waals surface area contributed by atoms with Gasteiger partial charge in [-0.2, -0.15) is 0 Å². The third-order valence-corrected chi connectivity index (χ3v) is 4.62. The van der Waals surface area contributed by atoms with Crippen molar-refractivity contribution in [3.63, 3.8) is 0 Å². The van der Waals surface area contributed by atoms with E-state index in [1.807, 2.05) is 0 Å². The van der Waals surface area contributed by atoms with Crippen LogP contribution in [0.5, 0.6) is 0 Å².